The number of hydrogen-bond donors (Lipinski definition) is 1. The maximum atomic E-state index is 3.36. The number of hydrogen-bond acceptors (Lipinski definition) is 2. The molecule has 1 aromatic heterocycles. The Morgan fingerprint density at radius 1 is 1.55 bits per heavy atom. The highest BCUT2D eigenvalue weighted by Gasteiger charge is 1.93. The van der Waals surface area contributed by atoms with Crippen LogP contribution in [0, 0.1) is 0 Å². The lowest BCUT2D eigenvalue weighted by atomic mass is 10.4. The van der Waals surface area contributed by atoms with Crippen molar-refractivity contribution in [3.8, 4) is 0 Å². The van der Waals surface area contributed by atoms with Gasteiger partial charge in [-0.25, -0.2) is 0 Å². The Bertz CT molecular complexity index is 172. The standard InChI is InChI=1S/C8H13NS.ClH/c1-7(2)9-6-8-4-3-5-10-8;/h3-5,7,9H,6H2,1-2H3;1H/p-1. The minimum Gasteiger partial charge on any atom is -1.00 e. The molecule has 1 heterocycles. The normalized spacial score (nSPS) is 9.73. The highest BCUT2D eigenvalue weighted by atomic mass is 35.5. The molecule has 0 fully saturated rings. The van der Waals surface area contributed by atoms with Gasteiger partial charge in [-0.05, 0) is 11.4 Å². The summed E-state index contributed by atoms with van der Waals surface area (Å²) in [6, 6.07) is 4.82. The van der Waals surface area contributed by atoms with Gasteiger partial charge in [0.05, 0.1) is 0 Å². The Morgan fingerprint density at radius 2 is 2.27 bits per heavy atom. The van der Waals surface area contributed by atoms with E-state index in [4.69, 9.17) is 0 Å². The first kappa shape index (κ1) is 11.0. The molecule has 1 aromatic rings. The van der Waals surface area contributed by atoms with Crippen molar-refractivity contribution in [2.45, 2.75) is 26.4 Å². The van der Waals surface area contributed by atoms with Crippen LogP contribution in [0.3, 0.4) is 0 Å². The lowest BCUT2D eigenvalue weighted by Crippen LogP contribution is -3.00. The van der Waals surface area contributed by atoms with Crippen LogP contribution in [-0.2, 0) is 6.54 Å². The molecular formula is C8H13ClNS-. The highest BCUT2D eigenvalue weighted by Crippen LogP contribution is 2.07. The zero-order chi connectivity index (χ0) is 7.40. The average molecular weight is 191 g/mol. The molecule has 1 rings (SSSR count). The molecule has 0 amide bonds. The van der Waals surface area contributed by atoms with Gasteiger partial charge in [0.1, 0.15) is 0 Å². The number of nitrogens with one attached hydrogen (secondary N) is 1. The monoisotopic (exact) mass is 190 g/mol. The van der Waals surface area contributed by atoms with Crippen LogP contribution in [0.4, 0.5) is 0 Å². The molecule has 0 bridgehead atoms. The molecule has 0 aromatic carbocycles. The Hall–Kier alpha value is -0.0500. The maximum absolute atomic E-state index is 3.36. The van der Waals surface area contributed by atoms with E-state index in [1.807, 2.05) is 0 Å². The Kier molecular flexibility index (Phi) is 5.56. The number of rotatable bonds is 3. The molecule has 3 heteroatoms. The zero-order valence-electron chi connectivity index (χ0n) is 6.80. The molecule has 0 aliphatic rings. The quantitative estimate of drug-likeness (QED) is 0.662. The Balaban J connectivity index is 0.000001000. The fraction of sp³-hybridized carbons (Fsp3) is 0.500. The fourth-order valence-corrected chi connectivity index (χ4v) is 1.37. The van der Waals surface area contributed by atoms with Gasteiger partial charge in [0, 0.05) is 17.5 Å². The van der Waals surface area contributed by atoms with Crippen LogP contribution < -0.4 is 17.7 Å². The van der Waals surface area contributed by atoms with Gasteiger partial charge in [-0.2, -0.15) is 0 Å². The second-order valence-electron chi connectivity index (χ2n) is 2.61. The first-order valence-corrected chi connectivity index (χ1v) is 4.43. The van der Waals surface area contributed by atoms with Crippen molar-refractivity contribution in [1.29, 1.82) is 0 Å². The molecule has 1 N–H and O–H groups in total. The number of halogens is 1. The minimum atomic E-state index is 0. The molecule has 0 aliphatic heterocycles. The molecule has 0 radical (unpaired) electrons. The van der Waals surface area contributed by atoms with Crippen molar-refractivity contribution in [3.63, 3.8) is 0 Å². The molecule has 11 heavy (non-hydrogen) atoms. The smallest absolute Gasteiger partial charge is 0.0302 e. The Labute approximate surface area is 78.2 Å². The summed E-state index contributed by atoms with van der Waals surface area (Å²) >= 11 is 1.80. The third-order valence-corrected chi connectivity index (χ3v) is 2.14. The van der Waals surface area contributed by atoms with Gasteiger partial charge in [0.2, 0.25) is 0 Å². The summed E-state index contributed by atoms with van der Waals surface area (Å²) in [4.78, 5) is 1.41. The van der Waals surface area contributed by atoms with Gasteiger partial charge in [-0.3, -0.25) is 0 Å². The van der Waals surface area contributed by atoms with Crippen molar-refractivity contribution in [2.24, 2.45) is 0 Å². The predicted octanol–water partition coefficient (Wildman–Crippen LogP) is -0.750. The van der Waals surface area contributed by atoms with Crippen LogP contribution in [0.15, 0.2) is 17.5 Å². The third-order valence-electron chi connectivity index (χ3n) is 1.26. The van der Waals surface area contributed by atoms with Crippen molar-refractivity contribution in [1.82, 2.24) is 5.32 Å². The van der Waals surface area contributed by atoms with Crippen molar-refractivity contribution >= 4 is 11.3 Å². The van der Waals surface area contributed by atoms with Gasteiger partial charge in [0.25, 0.3) is 0 Å². The van der Waals surface area contributed by atoms with Gasteiger partial charge in [0.15, 0.2) is 0 Å². The van der Waals surface area contributed by atoms with Crippen LogP contribution in [0.5, 0.6) is 0 Å². The highest BCUT2D eigenvalue weighted by molar-refractivity contribution is 7.09. The van der Waals surface area contributed by atoms with Gasteiger partial charge in [-0.1, -0.05) is 19.9 Å². The minimum absolute atomic E-state index is 0. The summed E-state index contributed by atoms with van der Waals surface area (Å²) in [7, 11) is 0. The van der Waals surface area contributed by atoms with E-state index in [-0.39, 0.29) is 12.4 Å². The fourth-order valence-electron chi connectivity index (χ4n) is 0.718. The van der Waals surface area contributed by atoms with E-state index in [2.05, 4.69) is 36.7 Å². The molecular weight excluding hydrogens is 178 g/mol. The predicted molar refractivity (Wildman–Crippen MR) is 46.3 cm³/mol. The van der Waals surface area contributed by atoms with Crippen LogP contribution in [-0.4, -0.2) is 6.04 Å². The molecule has 0 spiro atoms. The van der Waals surface area contributed by atoms with E-state index in [1.54, 1.807) is 11.3 Å². The largest absolute Gasteiger partial charge is 1.00 e. The molecule has 1 nitrogen and oxygen atoms in total. The van der Waals surface area contributed by atoms with Crippen LogP contribution >= 0.6 is 11.3 Å². The van der Waals surface area contributed by atoms with Gasteiger partial charge in [-0.15, -0.1) is 11.3 Å². The molecule has 64 valence electrons. The first-order chi connectivity index (χ1) is 4.79. The second kappa shape index (κ2) is 5.58. The van der Waals surface area contributed by atoms with Crippen LogP contribution in [0.25, 0.3) is 0 Å². The molecule has 0 unspecified atom stereocenters. The van der Waals surface area contributed by atoms with Crippen molar-refractivity contribution in [3.05, 3.63) is 22.4 Å². The van der Waals surface area contributed by atoms with E-state index in [0.29, 0.717) is 6.04 Å². The molecule has 0 saturated carbocycles. The maximum Gasteiger partial charge on any atom is 0.0302 e. The van der Waals surface area contributed by atoms with Crippen LogP contribution in [0.2, 0.25) is 0 Å². The summed E-state index contributed by atoms with van der Waals surface area (Å²) in [6.45, 7) is 5.33. The molecule has 0 saturated heterocycles. The van der Waals surface area contributed by atoms with Gasteiger partial charge >= 0.3 is 0 Å². The van der Waals surface area contributed by atoms with E-state index in [0.717, 1.165) is 6.54 Å². The lowest BCUT2D eigenvalue weighted by molar-refractivity contribution is -0.00000227. The molecule has 0 atom stereocenters. The zero-order valence-corrected chi connectivity index (χ0v) is 8.38. The summed E-state index contributed by atoms with van der Waals surface area (Å²) < 4.78 is 0. The van der Waals surface area contributed by atoms with Crippen LogP contribution in [0.1, 0.15) is 18.7 Å². The van der Waals surface area contributed by atoms with E-state index < -0.39 is 0 Å². The summed E-state index contributed by atoms with van der Waals surface area (Å²) in [5.74, 6) is 0. The van der Waals surface area contributed by atoms with Crippen molar-refractivity contribution in [2.75, 3.05) is 0 Å². The van der Waals surface area contributed by atoms with E-state index in [9.17, 15) is 0 Å². The van der Waals surface area contributed by atoms with E-state index >= 15 is 0 Å². The lowest BCUT2D eigenvalue weighted by Gasteiger charge is -2.04. The number of thiophene rings is 1. The Morgan fingerprint density at radius 3 is 2.73 bits per heavy atom. The average Bonchev–Trinajstić information content (AvgIpc) is 2.34. The SMILES string of the molecule is CC(C)NCc1cccs1.[Cl-]. The van der Waals surface area contributed by atoms with Crippen molar-refractivity contribution < 1.29 is 12.4 Å². The second-order valence-corrected chi connectivity index (χ2v) is 3.65. The third kappa shape index (κ3) is 4.40. The van der Waals surface area contributed by atoms with E-state index in [1.165, 1.54) is 4.88 Å². The summed E-state index contributed by atoms with van der Waals surface area (Å²) in [6.07, 6.45) is 0. The summed E-state index contributed by atoms with van der Waals surface area (Å²) in [5, 5.41) is 5.47. The summed E-state index contributed by atoms with van der Waals surface area (Å²) in [5.41, 5.74) is 0. The topological polar surface area (TPSA) is 12.0 Å². The molecule has 0 aliphatic carbocycles. The van der Waals surface area contributed by atoms with Gasteiger partial charge < -0.3 is 17.7 Å². The first-order valence-electron chi connectivity index (χ1n) is 3.55.